The zero-order valence-electron chi connectivity index (χ0n) is 11.3. The first kappa shape index (κ1) is 14.0. The van der Waals surface area contributed by atoms with Gasteiger partial charge in [-0.2, -0.15) is 0 Å². The summed E-state index contributed by atoms with van der Waals surface area (Å²) in [6.07, 6.45) is 0.509. The predicted octanol–water partition coefficient (Wildman–Crippen LogP) is 2.02. The normalized spacial score (nSPS) is 23.1. The summed E-state index contributed by atoms with van der Waals surface area (Å²) >= 11 is 1.43. The summed E-state index contributed by atoms with van der Waals surface area (Å²) in [5.41, 5.74) is -0.395. The highest BCUT2D eigenvalue weighted by Gasteiger charge is 2.48. The van der Waals surface area contributed by atoms with E-state index in [2.05, 4.69) is 4.98 Å². The van der Waals surface area contributed by atoms with Gasteiger partial charge in [0, 0.05) is 18.5 Å². The number of carbonyl (C=O) groups is 2. The van der Waals surface area contributed by atoms with Crippen molar-refractivity contribution in [1.29, 1.82) is 0 Å². The Morgan fingerprint density at radius 3 is 2.63 bits per heavy atom. The van der Waals surface area contributed by atoms with Crippen LogP contribution in [0, 0.1) is 18.3 Å². The van der Waals surface area contributed by atoms with E-state index in [0.717, 1.165) is 5.01 Å². The quantitative estimate of drug-likeness (QED) is 0.920. The largest absolute Gasteiger partial charge is 0.481 e. The van der Waals surface area contributed by atoms with E-state index in [1.807, 2.05) is 20.8 Å². The molecule has 1 aliphatic heterocycles. The number of likely N-dealkylation sites (tertiary alicyclic amines) is 1. The molecule has 19 heavy (non-hydrogen) atoms. The molecule has 0 aliphatic carbocycles. The molecule has 0 bridgehead atoms. The summed E-state index contributed by atoms with van der Waals surface area (Å²) in [6, 6.07) is 0. The van der Waals surface area contributed by atoms with Crippen LogP contribution in [0.2, 0.25) is 0 Å². The Kier molecular flexibility index (Phi) is 3.62. The van der Waals surface area contributed by atoms with Gasteiger partial charge in [-0.05, 0) is 19.3 Å². The summed E-state index contributed by atoms with van der Waals surface area (Å²) in [4.78, 5) is 29.6. The van der Waals surface area contributed by atoms with E-state index in [-0.39, 0.29) is 18.4 Å². The van der Waals surface area contributed by atoms with E-state index in [1.54, 1.807) is 10.3 Å². The molecule has 1 fully saturated rings. The van der Waals surface area contributed by atoms with Crippen LogP contribution in [0.3, 0.4) is 0 Å². The van der Waals surface area contributed by atoms with E-state index in [1.165, 1.54) is 11.3 Å². The molecular formula is C13H18N2O3S. The Morgan fingerprint density at radius 2 is 2.21 bits per heavy atom. The van der Waals surface area contributed by atoms with Gasteiger partial charge in [-0.15, -0.1) is 11.3 Å². The van der Waals surface area contributed by atoms with Gasteiger partial charge in [0.2, 0.25) is 0 Å². The van der Waals surface area contributed by atoms with E-state index in [4.69, 9.17) is 0 Å². The molecule has 1 N–H and O–H groups in total. The molecule has 104 valence electrons. The van der Waals surface area contributed by atoms with Gasteiger partial charge in [0.05, 0.1) is 10.4 Å². The minimum Gasteiger partial charge on any atom is -0.481 e. The minimum absolute atomic E-state index is 0.0000277. The fourth-order valence-electron chi connectivity index (χ4n) is 2.52. The number of rotatable bonds is 3. The van der Waals surface area contributed by atoms with Gasteiger partial charge < -0.3 is 10.0 Å². The number of aromatic nitrogens is 1. The monoisotopic (exact) mass is 282 g/mol. The summed E-state index contributed by atoms with van der Waals surface area (Å²) in [5.74, 6) is -0.972. The van der Waals surface area contributed by atoms with Crippen LogP contribution < -0.4 is 0 Å². The molecule has 0 aromatic carbocycles. The van der Waals surface area contributed by atoms with Crippen molar-refractivity contribution in [2.45, 2.75) is 27.2 Å². The molecule has 5 nitrogen and oxygen atoms in total. The van der Waals surface area contributed by atoms with Crippen molar-refractivity contribution in [3.8, 4) is 0 Å². The van der Waals surface area contributed by atoms with Gasteiger partial charge in [-0.1, -0.05) is 13.8 Å². The van der Waals surface area contributed by atoms with Gasteiger partial charge in [0.15, 0.2) is 0 Å². The lowest BCUT2D eigenvalue weighted by molar-refractivity contribution is -0.150. The number of aryl methyl sites for hydroxylation is 1. The summed E-state index contributed by atoms with van der Waals surface area (Å²) in [6.45, 7) is 6.40. The van der Waals surface area contributed by atoms with Crippen molar-refractivity contribution < 1.29 is 14.7 Å². The molecule has 1 atom stereocenters. The molecule has 0 spiro atoms. The highest BCUT2D eigenvalue weighted by Crippen LogP contribution is 2.38. The van der Waals surface area contributed by atoms with Crippen LogP contribution in [0.5, 0.6) is 0 Å². The fraction of sp³-hybridized carbons (Fsp3) is 0.615. The number of carboxylic acid groups (broad SMARTS) is 1. The van der Waals surface area contributed by atoms with Crippen LogP contribution in [-0.4, -0.2) is 40.0 Å². The van der Waals surface area contributed by atoms with Crippen molar-refractivity contribution >= 4 is 23.2 Å². The van der Waals surface area contributed by atoms with Gasteiger partial charge in [-0.3, -0.25) is 9.59 Å². The first-order chi connectivity index (χ1) is 8.86. The predicted molar refractivity (Wildman–Crippen MR) is 72.3 cm³/mol. The third-order valence-electron chi connectivity index (χ3n) is 3.96. The van der Waals surface area contributed by atoms with E-state index < -0.39 is 11.4 Å². The number of nitrogens with zero attached hydrogens (tertiary/aromatic N) is 2. The van der Waals surface area contributed by atoms with Crippen LogP contribution in [-0.2, 0) is 4.79 Å². The fourth-order valence-corrected chi connectivity index (χ4v) is 3.11. The molecule has 0 saturated carbocycles. The maximum atomic E-state index is 12.3. The third kappa shape index (κ3) is 2.36. The Balaban J connectivity index is 2.18. The SMILES string of the molecule is Cc1nc(C(=O)N2CCC(C(=O)O)(C(C)C)C2)cs1. The number of carboxylic acids is 1. The van der Waals surface area contributed by atoms with Crippen LogP contribution in [0.25, 0.3) is 0 Å². The summed E-state index contributed by atoms with van der Waals surface area (Å²) in [7, 11) is 0. The Hall–Kier alpha value is -1.43. The second kappa shape index (κ2) is 4.92. The molecule has 0 radical (unpaired) electrons. The molecule has 1 aromatic rings. The molecule has 1 saturated heterocycles. The molecule has 1 unspecified atom stereocenters. The van der Waals surface area contributed by atoms with Crippen molar-refractivity contribution in [1.82, 2.24) is 9.88 Å². The summed E-state index contributed by atoms with van der Waals surface area (Å²) in [5, 5.41) is 12.0. The lowest BCUT2D eigenvalue weighted by Crippen LogP contribution is -2.40. The molecule has 1 aromatic heterocycles. The topological polar surface area (TPSA) is 70.5 Å². The van der Waals surface area contributed by atoms with Crippen LogP contribution in [0.15, 0.2) is 5.38 Å². The Labute approximate surface area is 116 Å². The average molecular weight is 282 g/mol. The summed E-state index contributed by atoms with van der Waals surface area (Å²) < 4.78 is 0. The molecular weight excluding hydrogens is 264 g/mol. The number of hydrogen-bond acceptors (Lipinski definition) is 4. The van der Waals surface area contributed by atoms with Gasteiger partial charge in [-0.25, -0.2) is 4.98 Å². The van der Waals surface area contributed by atoms with Crippen LogP contribution in [0.4, 0.5) is 0 Å². The first-order valence-corrected chi connectivity index (χ1v) is 7.19. The van der Waals surface area contributed by atoms with Crippen molar-refractivity contribution in [3.05, 3.63) is 16.1 Å². The van der Waals surface area contributed by atoms with Gasteiger partial charge in [0.1, 0.15) is 5.69 Å². The molecule has 1 amide bonds. The van der Waals surface area contributed by atoms with E-state index in [9.17, 15) is 14.7 Å². The zero-order chi connectivity index (χ0) is 14.2. The molecule has 2 rings (SSSR count). The van der Waals surface area contributed by atoms with E-state index >= 15 is 0 Å². The highest BCUT2D eigenvalue weighted by atomic mass is 32.1. The molecule has 1 aliphatic rings. The second-order valence-electron chi connectivity index (χ2n) is 5.34. The van der Waals surface area contributed by atoms with Crippen molar-refractivity contribution in [3.63, 3.8) is 0 Å². The number of thiazole rings is 1. The lowest BCUT2D eigenvalue weighted by Gasteiger charge is -2.28. The minimum atomic E-state index is -0.819. The van der Waals surface area contributed by atoms with Gasteiger partial charge >= 0.3 is 5.97 Å². The molecule has 6 heteroatoms. The second-order valence-corrected chi connectivity index (χ2v) is 6.41. The average Bonchev–Trinajstić information content (AvgIpc) is 2.94. The maximum absolute atomic E-state index is 12.3. The third-order valence-corrected chi connectivity index (χ3v) is 4.73. The lowest BCUT2D eigenvalue weighted by atomic mass is 9.76. The number of hydrogen-bond donors (Lipinski definition) is 1. The highest BCUT2D eigenvalue weighted by molar-refractivity contribution is 7.09. The Bertz CT molecular complexity index is 512. The van der Waals surface area contributed by atoms with Crippen LogP contribution in [0.1, 0.15) is 35.8 Å². The van der Waals surface area contributed by atoms with Crippen molar-refractivity contribution in [2.24, 2.45) is 11.3 Å². The van der Waals surface area contributed by atoms with Crippen LogP contribution >= 0.6 is 11.3 Å². The van der Waals surface area contributed by atoms with Crippen molar-refractivity contribution in [2.75, 3.05) is 13.1 Å². The number of aliphatic carboxylic acids is 1. The number of amides is 1. The smallest absolute Gasteiger partial charge is 0.311 e. The van der Waals surface area contributed by atoms with E-state index in [0.29, 0.717) is 18.7 Å². The first-order valence-electron chi connectivity index (χ1n) is 6.31. The van der Waals surface area contributed by atoms with Gasteiger partial charge in [0.25, 0.3) is 5.91 Å². The zero-order valence-corrected chi connectivity index (χ0v) is 12.2. The Morgan fingerprint density at radius 1 is 1.53 bits per heavy atom. The maximum Gasteiger partial charge on any atom is 0.311 e. The number of carbonyl (C=O) groups excluding carboxylic acids is 1. The standard InChI is InChI=1S/C13H18N2O3S/c1-8(2)13(12(17)18)4-5-15(7-13)11(16)10-6-19-9(3)14-10/h6,8H,4-5,7H2,1-3H3,(H,17,18). The molecule has 2 heterocycles.